The molecule has 4 heteroatoms. The molecule has 0 fully saturated rings. The van der Waals surface area contributed by atoms with Gasteiger partial charge in [-0.3, -0.25) is 0 Å². The number of aryl methyl sites for hydroxylation is 1. The molecule has 1 N–H and O–H groups in total. The number of rotatable bonds is 8. The Bertz CT molecular complexity index is 548. The number of hydrogen-bond donors (Lipinski definition) is 1. The first-order chi connectivity index (χ1) is 10.2. The third-order valence-corrected chi connectivity index (χ3v) is 3.15. The summed E-state index contributed by atoms with van der Waals surface area (Å²) < 4.78 is 7.94. The van der Waals surface area contributed by atoms with E-state index in [1.54, 1.807) is 0 Å². The molecule has 0 amide bonds. The second-order valence-corrected chi connectivity index (χ2v) is 5.66. The lowest BCUT2D eigenvalue weighted by atomic mass is 10.2. The Morgan fingerprint density at radius 2 is 2.19 bits per heavy atom. The number of aromatic nitrogens is 2. The highest BCUT2D eigenvalue weighted by Crippen LogP contribution is 2.18. The summed E-state index contributed by atoms with van der Waals surface area (Å²) in [5.74, 6) is 1.45. The molecule has 21 heavy (non-hydrogen) atoms. The van der Waals surface area contributed by atoms with E-state index in [2.05, 4.69) is 41.7 Å². The lowest BCUT2D eigenvalue weighted by Gasteiger charge is -2.12. The van der Waals surface area contributed by atoms with Gasteiger partial charge in [0.2, 0.25) is 0 Å². The number of imidazole rings is 1. The van der Waals surface area contributed by atoms with E-state index >= 15 is 0 Å². The van der Waals surface area contributed by atoms with Crippen LogP contribution in [-0.2, 0) is 13.1 Å². The maximum Gasteiger partial charge on any atom is 0.121 e. The second-order valence-electron chi connectivity index (χ2n) is 5.66. The zero-order chi connectivity index (χ0) is 15.1. The van der Waals surface area contributed by atoms with Crippen LogP contribution in [0.25, 0.3) is 0 Å². The van der Waals surface area contributed by atoms with Gasteiger partial charge in [-0.05, 0) is 24.5 Å². The van der Waals surface area contributed by atoms with Crippen LogP contribution in [0.1, 0.15) is 32.9 Å². The Labute approximate surface area is 127 Å². The molecule has 0 aliphatic heterocycles. The van der Waals surface area contributed by atoms with Gasteiger partial charge in [-0.15, -0.1) is 0 Å². The van der Waals surface area contributed by atoms with Crippen molar-refractivity contribution in [1.82, 2.24) is 9.55 Å². The van der Waals surface area contributed by atoms with Crippen LogP contribution in [-0.4, -0.2) is 16.2 Å². The summed E-state index contributed by atoms with van der Waals surface area (Å²) in [4.78, 5) is 4.22. The van der Waals surface area contributed by atoms with E-state index in [0.29, 0.717) is 5.92 Å². The summed E-state index contributed by atoms with van der Waals surface area (Å²) in [5, 5.41) is 3.43. The number of nitrogens with zero attached hydrogens (tertiary/aromatic N) is 2. The van der Waals surface area contributed by atoms with Gasteiger partial charge >= 0.3 is 0 Å². The van der Waals surface area contributed by atoms with Crippen LogP contribution in [0.15, 0.2) is 36.8 Å². The highest BCUT2D eigenvalue weighted by atomic mass is 16.5. The first-order valence-electron chi connectivity index (χ1n) is 7.64. The molecule has 0 saturated carbocycles. The van der Waals surface area contributed by atoms with Gasteiger partial charge in [-0.25, -0.2) is 4.98 Å². The van der Waals surface area contributed by atoms with Gasteiger partial charge in [0.25, 0.3) is 0 Å². The molecule has 2 rings (SSSR count). The normalized spacial score (nSPS) is 10.9. The molecule has 1 aromatic heterocycles. The van der Waals surface area contributed by atoms with Crippen molar-refractivity contribution >= 4 is 5.69 Å². The van der Waals surface area contributed by atoms with Crippen molar-refractivity contribution in [2.75, 3.05) is 11.9 Å². The van der Waals surface area contributed by atoms with Crippen LogP contribution in [0.3, 0.4) is 0 Å². The topological polar surface area (TPSA) is 39.1 Å². The Morgan fingerprint density at radius 1 is 1.33 bits per heavy atom. The average Bonchev–Trinajstić information content (AvgIpc) is 2.91. The quantitative estimate of drug-likeness (QED) is 0.799. The molecule has 4 nitrogen and oxygen atoms in total. The molecule has 0 aliphatic carbocycles. The highest BCUT2D eigenvalue weighted by Gasteiger charge is 2.02. The van der Waals surface area contributed by atoms with Gasteiger partial charge in [0.05, 0.1) is 25.2 Å². The maximum absolute atomic E-state index is 5.75. The van der Waals surface area contributed by atoms with Gasteiger partial charge in [-0.2, -0.15) is 0 Å². The predicted octanol–water partition coefficient (Wildman–Crippen LogP) is 3.94. The number of anilines is 1. The van der Waals surface area contributed by atoms with Crippen molar-refractivity contribution in [3.05, 3.63) is 42.5 Å². The average molecular weight is 287 g/mol. The molecule has 1 aromatic carbocycles. The highest BCUT2D eigenvalue weighted by molar-refractivity contribution is 5.48. The van der Waals surface area contributed by atoms with Crippen LogP contribution < -0.4 is 10.1 Å². The first kappa shape index (κ1) is 15.4. The van der Waals surface area contributed by atoms with Gasteiger partial charge in [0.1, 0.15) is 5.75 Å². The van der Waals surface area contributed by atoms with E-state index < -0.39 is 0 Å². The van der Waals surface area contributed by atoms with E-state index in [-0.39, 0.29) is 0 Å². The van der Waals surface area contributed by atoms with Crippen molar-refractivity contribution in [2.24, 2.45) is 5.92 Å². The Kier molecular flexibility index (Phi) is 5.67. The molecule has 0 atom stereocenters. The van der Waals surface area contributed by atoms with Crippen molar-refractivity contribution in [1.29, 1.82) is 0 Å². The van der Waals surface area contributed by atoms with E-state index in [9.17, 15) is 0 Å². The number of hydrogen-bond acceptors (Lipinski definition) is 3. The Hall–Kier alpha value is -1.97. The van der Waals surface area contributed by atoms with E-state index in [1.165, 1.54) is 5.69 Å². The van der Waals surface area contributed by atoms with Crippen molar-refractivity contribution in [3.8, 4) is 5.75 Å². The number of benzene rings is 1. The van der Waals surface area contributed by atoms with Gasteiger partial charge in [-0.1, -0.05) is 26.8 Å². The largest absolute Gasteiger partial charge is 0.493 e. The van der Waals surface area contributed by atoms with Crippen molar-refractivity contribution in [3.63, 3.8) is 0 Å². The molecule has 0 saturated heterocycles. The molecule has 0 spiro atoms. The summed E-state index contributed by atoms with van der Waals surface area (Å²) in [6.07, 6.45) is 4.92. The summed E-state index contributed by atoms with van der Waals surface area (Å²) >= 11 is 0. The van der Waals surface area contributed by atoms with E-state index in [0.717, 1.165) is 37.6 Å². The SMILES string of the molecule is CCCn1cncc1CNc1cccc(OCC(C)C)c1. The van der Waals surface area contributed by atoms with E-state index in [4.69, 9.17) is 4.74 Å². The minimum Gasteiger partial charge on any atom is -0.493 e. The molecule has 0 unspecified atom stereocenters. The van der Waals surface area contributed by atoms with Crippen LogP contribution in [0, 0.1) is 5.92 Å². The monoisotopic (exact) mass is 287 g/mol. The summed E-state index contributed by atoms with van der Waals surface area (Å²) in [7, 11) is 0. The lowest BCUT2D eigenvalue weighted by Crippen LogP contribution is -2.07. The van der Waals surface area contributed by atoms with Crippen LogP contribution in [0.4, 0.5) is 5.69 Å². The zero-order valence-electron chi connectivity index (χ0n) is 13.2. The molecule has 0 aliphatic rings. The molecule has 0 radical (unpaired) electrons. The van der Waals surface area contributed by atoms with Crippen LogP contribution >= 0.6 is 0 Å². The summed E-state index contributed by atoms with van der Waals surface area (Å²) in [5.41, 5.74) is 2.27. The second kappa shape index (κ2) is 7.72. The van der Waals surface area contributed by atoms with E-state index in [1.807, 2.05) is 30.7 Å². The van der Waals surface area contributed by atoms with Gasteiger partial charge < -0.3 is 14.6 Å². The molecule has 114 valence electrons. The molecular formula is C17H25N3O. The number of ether oxygens (including phenoxy) is 1. The molecular weight excluding hydrogens is 262 g/mol. The van der Waals surface area contributed by atoms with Crippen molar-refractivity contribution in [2.45, 2.75) is 40.3 Å². The fourth-order valence-electron chi connectivity index (χ4n) is 2.09. The zero-order valence-corrected chi connectivity index (χ0v) is 13.2. The predicted molar refractivity (Wildman–Crippen MR) is 86.6 cm³/mol. The Balaban J connectivity index is 1.93. The summed E-state index contributed by atoms with van der Waals surface area (Å²) in [6.45, 7) is 9.00. The fourth-order valence-corrected chi connectivity index (χ4v) is 2.09. The number of nitrogens with one attached hydrogen (secondary N) is 1. The minimum absolute atomic E-state index is 0.532. The van der Waals surface area contributed by atoms with Crippen LogP contribution in [0.5, 0.6) is 5.75 Å². The lowest BCUT2D eigenvalue weighted by molar-refractivity contribution is 0.271. The minimum atomic E-state index is 0.532. The third kappa shape index (κ3) is 4.81. The fraction of sp³-hybridized carbons (Fsp3) is 0.471. The van der Waals surface area contributed by atoms with Gasteiger partial charge in [0, 0.05) is 24.5 Å². The smallest absolute Gasteiger partial charge is 0.121 e. The molecule has 2 aromatic rings. The third-order valence-electron chi connectivity index (χ3n) is 3.15. The van der Waals surface area contributed by atoms with Gasteiger partial charge in [0.15, 0.2) is 0 Å². The first-order valence-corrected chi connectivity index (χ1v) is 7.64. The maximum atomic E-state index is 5.75. The van der Waals surface area contributed by atoms with Crippen molar-refractivity contribution < 1.29 is 4.74 Å². The summed E-state index contributed by atoms with van der Waals surface area (Å²) in [6, 6.07) is 8.11. The molecule has 0 bridgehead atoms. The molecule has 1 heterocycles. The Morgan fingerprint density at radius 3 is 2.95 bits per heavy atom. The standard InChI is InChI=1S/C17H25N3O/c1-4-8-20-13-18-10-16(20)11-19-15-6-5-7-17(9-15)21-12-14(2)3/h5-7,9-10,13-14,19H,4,8,11-12H2,1-3H3. The van der Waals surface area contributed by atoms with Crippen LogP contribution in [0.2, 0.25) is 0 Å².